The second kappa shape index (κ2) is 6.70. The molecular formula is C17H17NO3. The second-order valence-electron chi connectivity index (χ2n) is 4.85. The SMILES string of the molecule is Cc1ccccc1CC(=O)N[C@H](C(=O)O)c1ccccc1. The summed E-state index contributed by atoms with van der Waals surface area (Å²) in [5.74, 6) is -1.38. The lowest BCUT2D eigenvalue weighted by atomic mass is 10.0. The number of carboxylic acid groups (broad SMARTS) is 1. The van der Waals surface area contributed by atoms with E-state index in [1.54, 1.807) is 30.3 Å². The monoisotopic (exact) mass is 283 g/mol. The Balaban J connectivity index is 2.10. The van der Waals surface area contributed by atoms with E-state index in [0.717, 1.165) is 11.1 Å². The molecule has 2 aromatic rings. The average molecular weight is 283 g/mol. The minimum Gasteiger partial charge on any atom is -0.479 e. The van der Waals surface area contributed by atoms with Gasteiger partial charge in [0.15, 0.2) is 6.04 Å². The molecular weight excluding hydrogens is 266 g/mol. The Bertz CT molecular complexity index is 637. The van der Waals surface area contributed by atoms with Crippen LogP contribution >= 0.6 is 0 Å². The molecule has 0 saturated heterocycles. The van der Waals surface area contributed by atoms with Crippen LogP contribution in [0.25, 0.3) is 0 Å². The van der Waals surface area contributed by atoms with Crippen molar-refractivity contribution in [1.29, 1.82) is 0 Å². The summed E-state index contributed by atoms with van der Waals surface area (Å²) in [6.07, 6.45) is 0.170. The zero-order chi connectivity index (χ0) is 15.2. The Kier molecular flexibility index (Phi) is 4.72. The van der Waals surface area contributed by atoms with Crippen LogP contribution in [0, 0.1) is 6.92 Å². The van der Waals surface area contributed by atoms with Gasteiger partial charge in [-0.25, -0.2) is 4.79 Å². The van der Waals surface area contributed by atoms with E-state index in [0.29, 0.717) is 5.56 Å². The van der Waals surface area contributed by atoms with E-state index >= 15 is 0 Å². The fourth-order valence-electron chi connectivity index (χ4n) is 2.13. The summed E-state index contributed by atoms with van der Waals surface area (Å²) in [5.41, 5.74) is 2.47. The first-order valence-electron chi connectivity index (χ1n) is 6.69. The molecule has 0 fully saturated rings. The molecule has 0 spiro atoms. The molecule has 1 amide bonds. The van der Waals surface area contributed by atoms with E-state index in [1.807, 2.05) is 31.2 Å². The molecule has 2 rings (SSSR count). The molecule has 0 saturated carbocycles. The van der Waals surface area contributed by atoms with Crippen molar-refractivity contribution in [3.8, 4) is 0 Å². The van der Waals surface area contributed by atoms with E-state index in [9.17, 15) is 14.7 Å². The molecule has 21 heavy (non-hydrogen) atoms. The Morgan fingerprint density at radius 2 is 1.67 bits per heavy atom. The number of aryl methyl sites for hydroxylation is 1. The van der Waals surface area contributed by atoms with Crippen LogP contribution < -0.4 is 5.32 Å². The first kappa shape index (κ1) is 14.8. The van der Waals surface area contributed by atoms with Crippen LogP contribution in [-0.2, 0) is 16.0 Å². The third-order valence-corrected chi connectivity index (χ3v) is 3.30. The number of nitrogens with one attached hydrogen (secondary N) is 1. The Hall–Kier alpha value is -2.62. The molecule has 0 aromatic heterocycles. The first-order chi connectivity index (χ1) is 10.1. The van der Waals surface area contributed by atoms with Gasteiger partial charge in [-0.05, 0) is 23.6 Å². The standard InChI is InChI=1S/C17H17NO3/c1-12-7-5-6-10-14(12)11-15(19)18-16(17(20)21)13-8-3-2-4-9-13/h2-10,16H,11H2,1H3,(H,18,19)(H,20,21)/t16-/m0/s1. The van der Waals surface area contributed by atoms with Crippen molar-refractivity contribution in [1.82, 2.24) is 5.32 Å². The third-order valence-electron chi connectivity index (χ3n) is 3.30. The molecule has 0 bridgehead atoms. The molecule has 0 aliphatic rings. The fourth-order valence-corrected chi connectivity index (χ4v) is 2.13. The lowest BCUT2D eigenvalue weighted by molar-refractivity contribution is -0.141. The van der Waals surface area contributed by atoms with E-state index < -0.39 is 12.0 Å². The molecule has 108 valence electrons. The van der Waals surface area contributed by atoms with Crippen LogP contribution in [0.4, 0.5) is 0 Å². The highest BCUT2D eigenvalue weighted by Gasteiger charge is 2.21. The number of benzene rings is 2. The number of hydrogen-bond donors (Lipinski definition) is 2. The van der Waals surface area contributed by atoms with E-state index in [1.165, 1.54) is 0 Å². The third kappa shape index (κ3) is 3.92. The predicted molar refractivity (Wildman–Crippen MR) is 79.8 cm³/mol. The maximum Gasteiger partial charge on any atom is 0.330 e. The molecule has 0 radical (unpaired) electrons. The van der Waals surface area contributed by atoms with Gasteiger partial charge in [-0.1, -0.05) is 54.6 Å². The van der Waals surface area contributed by atoms with Crippen molar-refractivity contribution < 1.29 is 14.7 Å². The second-order valence-corrected chi connectivity index (χ2v) is 4.85. The first-order valence-corrected chi connectivity index (χ1v) is 6.69. The quantitative estimate of drug-likeness (QED) is 0.886. The van der Waals surface area contributed by atoms with Gasteiger partial charge in [-0.3, -0.25) is 4.79 Å². The highest BCUT2D eigenvalue weighted by Crippen LogP contribution is 2.14. The molecule has 0 aliphatic carbocycles. The zero-order valence-corrected chi connectivity index (χ0v) is 11.7. The van der Waals surface area contributed by atoms with Crippen molar-refractivity contribution in [3.63, 3.8) is 0 Å². The van der Waals surface area contributed by atoms with Crippen LogP contribution in [-0.4, -0.2) is 17.0 Å². The minimum atomic E-state index is -1.07. The normalized spacial score (nSPS) is 11.7. The van der Waals surface area contributed by atoms with Gasteiger partial charge in [0, 0.05) is 0 Å². The van der Waals surface area contributed by atoms with Gasteiger partial charge in [0.1, 0.15) is 0 Å². The topological polar surface area (TPSA) is 66.4 Å². The molecule has 4 nitrogen and oxygen atoms in total. The zero-order valence-electron chi connectivity index (χ0n) is 11.7. The van der Waals surface area contributed by atoms with Gasteiger partial charge in [0.05, 0.1) is 6.42 Å². The Labute approximate surface area is 123 Å². The number of carboxylic acids is 1. The Morgan fingerprint density at radius 3 is 2.29 bits per heavy atom. The highest BCUT2D eigenvalue weighted by molar-refractivity contribution is 5.85. The fraction of sp³-hybridized carbons (Fsp3) is 0.176. The van der Waals surface area contributed by atoms with E-state index in [-0.39, 0.29) is 12.3 Å². The van der Waals surface area contributed by atoms with Crippen LogP contribution in [0.2, 0.25) is 0 Å². The number of hydrogen-bond acceptors (Lipinski definition) is 2. The van der Waals surface area contributed by atoms with Gasteiger partial charge >= 0.3 is 5.97 Å². The summed E-state index contributed by atoms with van der Waals surface area (Å²) in [4.78, 5) is 23.4. The van der Waals surface area contributed by atoms with Gasteiger partial charge in [0.2, 0.25) is 5.91 Å². The number of carbonyl (C=O) groups is 2. The van der Waals surface area contributed by atoms with Crippen molar-refractivity contribution in [2.75, 3.05) is 0 Å². The van der Waals surface area contributed by atoms with Crippen LogP contribution in [0.5, 0.6) is 0 Å². The summed E-state index contributed by atoms with van der Waals surface area (Å²) < 4.78 is 0. The van der Waals surface area contributed by atoms with Gasteiger partial charge in [-0.15, -0.1) is 0 Å². The lowest BCUT2D eigenvalue weighted by Gasteiger charge is -2.15. The number of rotatable bonds is 5. The van der Waals surface area contributed by atoms with Crippen molar-refractivity contribution in [3.05, 3.63) is 71.3 Å². The van der Waals surface area contributed by atoms with Gasteiger partial charge < -0.3 is 10.4 Å². The largest absolute Gasteiger partial charge is 0.479 e. The molecule has 2 aromatic carbocycles. The molecule has 2 N–H and O–H groups in total. The van der Waals surface area contributed by atoms with Gasteiger partial charge in [-0.2, -0.15) is 0 Å². The summed E-state index contributed by atoms with van der Waals surface area (Å²) in [7, 11) is 0. The predicted octanol–water partition coefficient (Wildman–Crippen LogP) is 2.48. The highest BCUT2D eigenvalue weighted by atomic mass is 16.4. The van der Waals surface area contributed by atoms with E-state index in [2.05, 4.69) is 5.32 Å². The molecule has 0 unspecified atom stereocenters. The maximum absolute atomic E-state index is 12.1. The Morgan fingerprint density at radius 1 is 1.05 bits per heavy atom. The molecule has 4 heteroatoms. The number of aliphatic carboxylic acids is 1. The summed E-state index contributed by atoms with van der Waals surface area (Å²) >= 11 is 0. The number of carbonyl (C=O) groups excluding carboxylic acids is 1. The van der Waals surface area contributed by atoms with Crippen molar-refractivity contribution in [2.45, 2.75) is 19.4 Å². The summed E-state index contributed by atoms with van der Waals surface area (Å²) in [5, 5.41) is 11.9. The van der Waals surface area contributed by atoms with Crippen molar-refractivity contribution >= 4 is 11.9 Å². The molecule has 0 heterocycles. The molecule has 0 aliphatic heterocycles. The summed E-state index contributed by atoms with van der Waals surface area (Å²) in [6.45, 7) is 1.93. The average Bonchev–Trinajstić information content (AvgIpc) is 2.48. The van der Waals surface area contributed by atoms with Crippen molar-refractivity contribution in [2.24, 2.45) is 0 Å². The number of amides is 1. The van der Waals surface area contributed by atoms with Crippen LogP contribution in [0.15, 0.2) is 54.6 Å². The minimum absolute atomic E-state index is 0.170. The van der Waals surface area contributed by atoms with Crippen LogP contribution in [0.1, 0.15) is 22.7 Å². The summed E-state index contributed by atoms with van der Waals surface area (Å²) in [6, 6.07) is 15.2. The lowest BCUT2D eigenvalue weighted by Crippen LogP contribution is -2.34. The molecule has 1 atom stereocenters. The van der Waals surface area contributed by atoms with Gasteiger partial charge in [0.25, 0.3) is 0 Å². The van der Waals surface area contributed by atoms with Crippen LogP contribution in [0.3, 0.4) is 0 Å². The maximum atomic E-state index is 12.1. The smallest absolute Gasteiger partial charge is 0.330 e. The van der Waals surface area contributed by atoms with E-state index in [4.69, 9.17) is 0 Å².